The van der Waals surface area contributed by atoms with E-state index in [1.165, 1.54) is 20.7 Å². The summed E-state index contributed by atoms with van der Waals surface area (Å²) in [5.74, 6) is 0. The summed E-state index contributed by atoms with van der Waals surface area (Å²) in [6, 6.07) is 66.3. The fraction of sp³-hybridized carbons (Fsp3) is 0. The Morgan fingerprint density at radius 3 is 1.42 bits per heavy atom. The minimum atomic E-state index is -2.79. The molecule has 0 aliphatic heterocycles. The van der Waals surface area contributed by atoms with E-state index in [1.807, 2.05) is 36.4 Å². The van der Waals surface area contributed by atoms with Gasteiger partial charge in [0.05, 0.1) is 27.8 Å². The average Bonchev–Trinajstić information content (AvgIpc) is 3.50. The van der Waals surface area contributed by atoms with Gasteiger partial charge in [-0.15, -0.1) is 0 Å². The third-order valence-electron chi connectivity index (χ3n) is 9.44. The van der Waals surface area contributed by atoms with Crippen molar-refractivity contribution in [3.8, 4) is 29.0 Å². The average molecular weight is 628 g/mol. The Bertz CT molecular complexity index is 2370. The van der Waals surface area contributed by atoms with E-state index in [0.717, 1.165) is 32.9 Å². The molecule has 0 saturated heterocycles. The molecule has 0 spiro atoms. The fourth-order valence-electron chi connectivity index (χ4n) is 7.42. The normalized spacial score (nSPS) is 11.3. The highest BCUT2D eigenvalue weighted by atomic mass is 28.3. The molecule has 8 rings (SSSR count). The van der Waals surface area contributed by atoms with Gasteiger partial charge in [0.2, 0.25) is 0 Å². The summed E-state index contributed by atoms with van der Waals surface area (Å²) >= 11 is 0. The van der Waals surface area contributed by atoms with Crippen LogP contribution in [0.25, 0.3) is 38.6 Å². The van der Waals surface area contributed by atoms with Crippen LogP contribution in [-0.4, -0.2) is 12.6 Å². The van der Waals surface area contributed by atoms with Crippen LogP contribution in [0.1, 0.15) is 11.1 Å². The summed E-state index contributed by atoms with van der Waals surface area (Å²) in [7, 11) is -2.79. The zero-order valence-electron chi connectivity index (χ0n) is 26.1. The van der Waals surface area contributed by atoms with E-state index in [9.17, 15) is 10.5 Å². The molecule has 0 bridgehead atoms. The van der Waals surface area contributed by atoms with Crippen molar-refractivity contribution in [1.82, 2.24) is 4.57 Å². The SMILES string of the molecule is N#Cc1ccc(-c2cccc([Si](c3ccccc3)(c3ccccc3)c3ccccc3)c2)c(C#N)c1-n1c2ccccc2c2ccccc21. The lowest BCUT2D eigenvalue weighted by atomic mass is 9.96. The Morgan fingerprint density at radius 1 is 0.438 bits per heavy atom. The number of benzene rings is 7. The Morgan fingerprint density at radius 2 is 0.917 bits per heavy atom. The maximum atomic E-state index is 10.9. The van der Waals surface area contributed by atoms with E-state index in [2.05, 4.69) is 156 Å². The van der Waals surface area contributed by atoms with Crippen molar-refractivity contribution in [2.45, 2.75) is 0 Å². The minimum Gasteiger partial charge on any atom is -0.307 e. The van der Waals surface area contributed by atoms with Crippen LogP contribution >= 0.6 is 0 Å². The second-order valence-corrected chi connectivity index (χ2v) is 15.7. The summed E-state index contributed by atoms with van der Waals surface area (Å²) in [6.07, 6.45) is 0. The first kappa shape index (κ1) is 29.0. The quantitative estimate of drug-likeness (QED) is 0.141. The van der Waals surface area contributed by atoms with Crippen LogP contribution in [0.5, 0.6) is 0 Å². The lowest BCUT2D eigenvalue weighted by Crippen LogP contribution is -2.74. The second-order valence-electron chi connectivity index (χ2n) is 11.9. The van der Waals surface area contributed by atoms with E-state index < -0.39 is 8.07 Å². The van der Waals surface area contributed by atoms with Crippen LogP contribution < -0.4 is 20.7 Å². The molecule has 7 aromatic carbocycles. The van der Waals surface area contributed by atoms with Crippen LogP contribution in [0.4, 0.5) is 0 Å². The lowest BCUT2D eigenvalue weighted by Gasteiger charge is -2.34. The molecular weight excluding hydrogens is 599 g/mol. The Hall–Kier alpha value is -6.46. The molecule has 48 heavy (non-hydrogen) atoms. The Balaban J connectivity index is 1.43. The van der Waals surface area contributed by atoms with Gasteiger partial charge < -0.3 is 4.57 Å². The zero-order valence-corrected chi connectivity index (χ0v) is 27.1. The first-order valence-electron chi connectivity index (χ1n) is 16.0. The summed E-state index contributed by atoms with van der Waals surface area (Å²) in [6.45, 7) is 0. The van der Waals surface area contributed by atoms with Crippen LogP contribution in [0.2, 0.25) is 0 Å². The Labute approximate surface area is 280 Å². The summed E-state index contributed by atoms with van der Waals surface area (Å²) in [5.41, 5.74) is 5.20. The van der Waals surface area contributed by atoms with Crippen molar-refractivity contribution >= 4 is 50.6 Å². The molecule has 0 aliphatic rings. The predicted molar refractivity (Wildman–Crippen MR) is 199 cm³/mol. The zero-order chi connectivity index (χ0) is 32.5. The molecule has 1 heterocycles. The largest absolute Gasteiger partial charge is 0.307 e. The van der Waals surface area contributed by atoms with Gasteiger partial charge in [-0.1, -0.05) is 158 Å². The van der Waals surface area contributed by atoms with E-state index in [0.29, 0.717) is 16.8 Å². The second kappa shape index (κ2) is 12.0. The van der Waals surface area contributed by atoms with Gasteiger partial charge in [0.25, 0.3) is 0 Å². The lowest BCUT2D eigenvalue weighted by molar-refractivity contribution is 1.16. The number of hydrogen-bond donors (Lipinski definition) is 0. The van der Waals surface area contributed by atoms with Gasteiger partial charge in [0, 0.05) is 16.3 Å². The van der Waals surface area contributed by atoms with Gasteiger partial charge in [-0.05, 0) is 44.5 Å². The van der Waals surface area contributed by atoms with Crippen LogP contribution in [-0.2, 0) is 0 Å². The standard InChI is InChI=1S/C44H29N3Si/c45-30-33-27-28-38(41(31-46)44(33)47-42-25-12-10-23-39(42)40-24-11-13-26-43(40)47)32-15-14-22-37(29-32)48(34-16-4-1-5-17-34,35-18-6-2-7-19-35)36-20-8-3-9-21-36/h1-29H. The third kappa shape index (κ3) is 4.48. The molecule has 0 saturated carbocycles. The van der Waals surface area contributed by atoms with Crippen molar-refractivity contribution < 1.29 is 0 Å². The molecule has 0 radical (unpaired) electrons. The predicted octanol–water partition coefficient (Wildman–Crippen LogP) is 7.57. The van der Waals surface area contributed by atoms with Crippen LogP contribution in [0, 0.1) is 22.7 Å². The maximum absolute atomic E-state index is 10.9. The molecular formula is C44H29N3Si. The van der Waals surface area contributed by atoms with Gasteiger partial charge in [0.15, 0.2) is 8.07 Å². The fourth-order valence-corrected chi connectivity index (χ4v) is 12.2. The minimum absolute atomic E-state index is 0.458. The highest BCUT2D eigenvalue weighted by Gasteiger charge is 2.41. The number of fused-ring (bicyclic) bond motifs is 3. The van der Waals surface area contributed by atoms with E-state index in [4.69, 9.17) is 0 Å². The molecule has 0 aliphatic carbocycles. The smallest absolute Gasteiger partial charge is 0.179 e. The summed E-state index contributed by atoms with van der Waals surface area (Å²) < 4.78 is 2.09. The molecule has 8 aromatic rings. The van der Waals surface area contributed by atoms with Crippen LogP contribution in [0.3, 0.4) is 0 Å². The molecule has 0 N–H and O–H groups in total. The Kier molecular flexibility index (Phi) is 7.27. The number of aromatic nitrogens is 1. The number of nitrogens with zero attached hydrogens (tertiary/aromatic N) is 3. The highest BCUT2D eigenvalue weighted by molar-refractivity contribution is 7.19. The molecule has 0 fully saturated rings. The number of para-hydroxylation sites is 2. The first-order chi connectivity index (χ1) is 23.8. The van der Waals surface area contributed by atoms with E-state index in [1.54, 1.807) is 0 Å². The first-order valence-corrected chi connectivity index (χ1v) is 18.0. The van der Waals surface area contributed by atoms with Gasteiger partial charge in [-0.2, -0.15) is 10.5 Å². The molecule has 224 valence electrons. The topological polar surface area (TPSA) is 52.5 Å². The molecule has 0 atom stereocenters. The maximum Gasteiger partial charge on any atom is 0.179 e. The van der Waals surface area contributed by atoms with Crippen molar-refractivity contribution in [1.29, 1.82) is 10.5 Å². The van der Waals surface area contributed by atoms with Gasteiger partial charge >= 0.3 is 0 Å². The molecule has 0 amide bonds. The van der Waals surface area contributed by atoms with Gasteiger partial charge in [-0.3, -0.25) is 0 Å². The van der Waals surface area contributed by atoms with Crippen molar-refractivity contribution in [2.75, 3.05) is 0 Å². The number of rotatable bonds is 6. The summed E-state index contributed by atoms with van der Waals surface area (Å²) in [5, 5.41) is 28.6. The number of hydrogen-bond acceptors (Lipinski definition) is 2. The third-order valence-corrected chi connectivity index (χ3v) is 14.2. The molecule has 3 nitrogen and oxygen atoms in total. The van der Waals surface area contributed by atoms with Gasteiger partial charge in [-0.25, -0.2) is 0 Å². The molecule has 0 unspecified atom stereocenters. The van der Waals surface area contributed by atoms with Crippen LogP contribution in [0.15, 0.2) is 176 Å². The van der Waals surface area contributed by atoms with Crippen molar-refractivity contribution in [2.24, 2.45) is 0 Å². The monoisotopic (exact) mass is 627 g/mol. The molecule has 1 aromatic heterocycles. The van der Waals surface area contributed by atoms with E-state index >= 15 is 0 Å². The van der Waals surface area contributed by atoms with Gasteiger partial charge in [0.1, 0.15) is 12.1 Å². The highest BCUT2D eigenvalue weighted by Crippen LogP contribution is 2.37. The van der Waals surface area contributed by atoms with Crippen molar-refractivity contribution in [3.05, 3.63) is 187 Å². The van der Waals surface area contributed by atoms with E-state index in [-0.39, 0.29) is 0 Å². The summed E-state index contributed by atoms with van der Waals surface area (Å²) in [4.78, 5) is 0. The van der Waals surface area contributed by atoms with Crippen molar-refractivity contribution in [3.63, 3.8) is 0 Å². The number of nitriles is 2. The molecule has 4 heteroatoms.